The highest BCUT2D eigenvalue weighted by molar-refractivity contribution is 5.49. The van der Waals surface area contributed by atoms with Gasteiger partial charge >= 0.3 is 0 Å². The molecule has 0 bridgehead atoms. The fourth-order valence-electron chi connectivity index (χ4n) is 8.63. The van der Waals surface area contributed by atoms with Gasteiger partial charge in [-0.05, 0) is 127 Å². The van der Waals surface area contributed by atoms with Crippen LogP contribution in [0.1, 0.15) is 133 Å². The first-order valence-electron chi connectivity index (χ1n) is 18.3. The molecule has 0 atom stereocenters. The molecule has 2 saturated heterocycles. The van der Waals surface area contributed by atoms with Crippen LogP contribution in [0.25, 0.3) is 0 Å². The molecular formula is C36H71N9O2. The largest absolute Gasteiger partial charge is 0.396 e. The van der Waals surface area contributed by atoms with Gasteiger partial charge in [-0.3, -0.25) is 0 Å². The number of aromatic nitrogens is 3. The Morgan fingerprint density at radius 2 is 1.34 bits per heavy atom. The van der Waals surface area contributed by atoms with Gasteiger partial charge in [-0.2, -0.15) is 15.0 Å². The Morgan fingerprint density at radius 3 is 1.87 bits per heavy atom. The van der Waals surface area contributed by atoms with Crippen LogP contribution < -0.4 is 31.5 Å². The molecular weight excluding hydrogens is 590 g/mol. The lowest BCUT2D eigenvalue weighted by Crippen LogP contribution is -2.65. The molecule has 1 aromatic rings. The molecule has 11 nitrogen and oxygen atoms in total. The van der Waals surface area contributed by atoms with E-state index in [-0.39, 0.29) is 46.4 Å². The predicted octanol–water partition coefficient (Wildman–Crippen LogP) is 5.23. The lowest BCUT2D eigenvalue weighted by atomic mass is 9.77. The zero-order valence-electron chi connectivity index (χ0n) is 31.9. The third-order valence-electron chi connectivity index (χ3n) is 9.75. The second kappa shape index (κ2) is 16.3. The van der Waals surface area contributed by atoms with Gasteiger partial charge in [0.05, 0.1) is 0 Å². The molecule has 0 aromatic carbocycles. The van der Waals surface area contributed by atoms with Crippen molar-refractivity contribution in [1.82, 2.24) is 25.6 Å². The quantitative estimate of drug-likeness (QED) is 0.132. The van der Waals surface area contributed by atoms with Crippen molar-refractivity contribution < 1.29 is 9.84 Å². The van der Waals surface area contributed by atoms with E-state index in [4.69, 9.17) is 25.4 Å². The molecule has 0 aliphatic carbocycles. The Morgan fingerprint density at radius 1 is 0.809 bits per heavy atom. The summed E-state index contributed by atoms with van der Waals surface area (Å²) in [6, 6.07) is 0.463. The number of aliphatic hydroxyl groups is 1. The van der Waals surface area contributed by atoms with Gasteiger partial charge in [-0.1, -0.05) is 12.8 Å². The molecule has 2 aliphatic heterocycles. The van der Waals surface area contributed by atoms with Gasteiger partial charge in [0.2, 0.25) is 17.8 Å². The number of methoxy groups -OCH3 is 1. The number of anilines is 3. The summed E-state index contributed by atoms with van der Waals surface area (Å²) in [5.74, 6) is 2.07. The first kappa shape index (κ1) is 39.6. The fourth-order valence-corrected chi connectivity index (χ4v) is 8.63. The number of nitrogens with two attached hydrogens (primary N) is 1. The van der Waals surface area contributed by atoms with Crippen LogP contribution in [0, 0.1) is 0 Å². The van der Waals surface area contributed by atoms with E-state index in [1.54, 1.807) is 7.11 Å². The molecule has 3 rings (SSSR count). The van der Waals surface area contributed by atoms with Crippen LogP contribution in [0.2, 0.25) is 0 Å². The Kier molecular flexibility index (Phi) is 13.7. The number of ether oxygens (including phenoxy) is 1. The van der Waals surface area contributed by atoms with Gasteiger partial charge in [0.15, 0.2) is 0 Å². The van der Waals surface area contributed by atoms with Crippen molar-refractivity contribution in [2.45, 2.75) is 173 Å². The number of aliphatic hydroxyl groups excluding tert-OH is 1. The normalized spacial score (nSPS) is 21.0. The summed E-state index contributed by atoms with van der Waals surface area (Å²) in [7, 11) is 1.77. The van der Waals surface area contributed by atoms with E-state index in [1.165, 1.54) is 0 Å². The number of unbranched alkanes of at least 4 members (excludes halogenated alkanes) is 3. The first-order chi connectivity index (χ1) is 21.8. The summed E-state index contributed by atoms with van der Waals surface area (Å²) in [4.78, 5) is 20.7. The van der Waals surface area contributed by atoms with Gasteiger partial charge in [-0.15, -0.1) is 0 Å². The Balaban J connectivity index is 2.15. The maximum atomic E-state index is 9.22. The predicted molar refractivity (Wildman–Crippen MR) is 197 cm³/mol. The lowest BCUT2D eigenvalue weighted by molar-refractivity contribution is 0.146. The summed E-state index contributed by atoms with van der Waals surface area (Å²) in [6.07, 6.45) is 9.50. The zero-order chi connectivity index (χ0) is 35.1. The van der Waals surface area contributed by atoms with E-state index in [1.807, 2.05) is 0 Å². The molecule has 2 aliphatic rings. The van der Waals surface area contributed by atoms with Crippen LogP contribution in [0.4, 0.5) is 17.8 Å². The molecule has 0 radical (unpaired) electrons. The monoisotopic (exact) mass is 662 g/mol. The molecule has 0 saturated carbocycles. The number of hydrogen-bond acceptors (Lipinski definition) is 11. The minimum atomic E-state index is -0.275. The van der Waals surface area contributed by atoms with Crippen molar-refractivity contribution in [3.05, 3.63) is 0 Å². The van der Waals surface area contributed by atoms with Crippen molar-refractivity contribution >= 4 is 17.8 Å². The van der Waals surface area contributed by atoms with Crippen molar-refractivity contribution in [1.29, 1.82) is 0 Å². The number of rotatable bonds is 18. The van der Waals surface area contributed by atoms with Gasteiger partial charge in [0.1, 0.15) is 0 Å². The van der Waals surface area contributed by atoms with E-state index < -0.39 is 0 Å². The maximum Gasteiger partial charge on any atom is 0.232 e. The summed E-state index contributed by atoms with van der Waals surface area (Å²) >= 11 is 0. The molecule has 3 heterocycles. The maximum absolute atomic E-state index is 9.22. The molecule has 1 aromatic heterocycles. The Bertz CT molecular complexity index is 1080. The van der Waals surface area contributed by atoms with Gasteiger partial charge in [-0.25, -0.2) is 0 Å². The lowest BCUT2D eigenvalue weighted by Gasteiger charge is -2.53. The van der Waals surface area contributed by atoms with Crippen LogP contribution in [-0.2, 0) is 4.74 Å². The third-order valence-corrected chi connectivity index (χ3v) is 9.75. The average Bonchev–Trinajstić information content (AvgIpc) is 2.89. The van der Waals surface area contributed by atoms with Crippen molar-refractivity contribution in [2.24, 2.45) is 5.73 Å². The van der Waals surface area contributed by atoms with Crippen LogP contribution in [0.3, 0.4) is 0 Å². The van der Waals surface area contributed by atoms with E-state index in [0.717, 1.165) is 89.2 Å². The number of nitrogens with one attached hydrogen (secondary N) is 3. The number of hydrogen-bond donors (Lipinski definition) is 5. The minimum Gasteiger partial charge on any atom is -0.396 e. The molecule has 11 heteroatoms. The molecule has 6 N–H and O–H groups in total. The summed E-state index contributed by atoms with van der Waals surface area (Å²) < 4.78 is 5.52. The van der Waals surface area contributed by atoms with Gasteiger partial charge in [0.25, 0.3) is 0 Å². The highest BCUT2D eigenvalue weighted by Gasteiger charge is 2.45. The summed E-state index contributed by atoms with van der Waals surface area (Å²) in [6.45, 7) is 26.1. The zero-order valence-corrected chi connectivity index (χ0v) is 31.9. The topological polar surface area (TPSA) is 137 Å². The van der Waals surface area contributed by atoms with Crippen molar-refractivity contribution in [3.63, 3.8) is 0 Å². The highest BCUT2D eigenvalue weighted by atomic mass is 16.5. The molecule has 272 valence electrons. The Hall–Kier alpha value is -1.79. The number of nitrogens with zero attached hydrogens (tertiary/aromatic N) is 5. The van der Waals surface area contributed by atoms with E-state index in [9.17, 15) is 5.11 Å². The SMILES string of the molecule is COCCCN(c1nc(NCCCCCCO)nc(N(C2CC(C)(C)NC(C)(C)C2)C(C)(C)CCN)n1)C1CC(C)(C)NC(C)(C)C1. The van der Waals surface area contributed by atoms with E-state index in [0.29, 0.717) is 19.1 Å². The Labute approximate surface area is 287 Å². The van der Waals surface area contributed by atoms with Crippen LogP contribution in [-0.4, -0.2) is 99.8 Å². The molecule has 0 amide bonds. The third kappa shape index (κ3) is 11.9. The van der Waals surface area contributed by atoms with E-state index in [2.05, 4.69) is 95.0 Å². The molecule has 47 heavy (non-hydrogen) atoms. The molecule has 0 unspecified atom stereocenters. The highest BCUT2D eigenvalue weighted by Crippen LogP contribution is 2.39. The summed E-state index contributed by atoms with van der Waals surface area (Å²) in [5, 5.41) is 20.5. The van der Waals surface area contributed by atoms with Gasteiger partial charge < -0.3 is 41.3 Å². The standard InChI is InChI=1S/C36H71N9O2/c1-32(2)23-27(24-33(3,4)42-32)44(20-16-22-47-11)30-39-29(38-19-14-12-13-15-21-46)40-31(41-30)45(36(9,10)17-18-37)28-25-34(5,6)43-35(7,8)26-28/h27-28,42-43,46H,12-26,37H2,1-11H3,(H,38,39,40,41). The van der Waals surface area contributed by atoms with E-state index >= 15 is 0 Å². The van der Waals surface area contributed by atoms with Crippen molar-refractivity contribution in [3.8, 4) is 0 Å². The molecule has 2 fully saturated rings. The second-order valence-electron chi connectivity index (χ2n) is 17.5. The fraction of sp³-hybridized carbons (Fsp3) is 0.917. The van der Waals surface area contributed by atoms with Gasteiger partial charge in [0, 0.05) is 73.2 Å². The minimum absolute atomic E-state index is 0.0289. The van der Waals surface area contributed by atoms with Crippen LogP contribution >= 0.6 is 0 Å². The van der Waals surface area contributed by atoms with Crippen LogP contribution in [0.5, 0.6) is 0 Å². The second-order valence-corrected chi connectivity index (χ2v) is 17.5. The first-order valence-corrected chi connectivity index (χ1v) is 18.3. The van der Waals surface area contributed by atoms with Crippen molar-refractivity contribution in [2.75, 3.05) is 55.1 Å². The average molecular weight is 662 g/mol. The van der Waals surface area contributed by atoms with Crippen LogP contribution in [0.15, 0.2) is 0 Å². The molecule has 0 spiro atoms. The smallest absolute Gasteiger partial charge is 0.232 e. The number of piperidine rings is 2. The summed E-state index contributed by atoms with van der Waals surface area (Å²) in [5.41, 5.74) is 5.83.